The fourth-order valence-electron chi connectivity index (χ4n) is 5.82. The van der Waals surface area contributed by atoms with Gasteiger partial charge in [0.2, 0.25) is 0 Å². The number of carbonyl (C=O) groups is 1. The van der Waals surface area contributed by atoms with Gasteiger partial charge in [-0.2, -0.15) is 13.2 Å². The summed E-state index contributed by atoms with van der Waals surface area (Å²) in [6.45, 7) is 4.62. The van der Waals surface area contributed by atoms with Crippen molar-refractivity contribution in [1.82, 2.24) is 14.4 Å². The molecule has 3 aliphatic rings. The van der Waals surface area contributed by atoms with Crippen molar-refractivity contribution in [3.8, 4) is 0 Å². The lowest BCUT2D eigenvalue weighted by Gasteiger charge is -2.47. The molecule has 5 rings (SSSR count). The fraction of sp³-hybridized carbons (Fsp3) is 0.520. The molecule has 4 heterocycles. The summed E-state index contributed by atoms with van der Waals surface area (Å²) in [7, 11) is 2.15. The Balaban J connectivity index is 1.38. The van der Waals surface area contributed by atoms with Crippen molar-refractivity contribution in [1.29, 1.82) is 0 Å². The zero-order chi connectivity index (χ0) is 24.0. The molecule has 0 aliphatic carbocycles. The maximum absolute atomic E-state index is 12.9. The van der Waals surface area contributed by atoms with Gasteiger partial charge in [-0.05, 0) is 75.6 Å². The molecule has 3 aliphatic heterocycles. The van der Waals surface area contributed by atoms with Crippen molar-refractivity contribution in [2.75, 3.05) is 38.5 Å². The monoisotopic (exact) mass is 474 g/mol. The van der Waals surface area contributed by atoms with Crippen LogP contribution >= 0.6 is 0 Å². The molecule has 2 saturated heterocycles. The Labute approximate surface area is 196 Å². The molecule has 9 heteroatoms. The number of piperidine rings is 2. The van der Waals surface area contributed by atoms with Crippen molar-refractivity contribution in [2.45, 2.75) is 43.9 Å². The summed E-state index contributed by atoms with van der Waals surface area (Å²) in [5.41, 5.74) is 0.669. The van der Waals surface area contributed by atoms with Gasteiger partial charge in [0.05, 0.1) is 11.3 Å². The van der Waals surface area contributed by atoms with Crippen LogP contribution < -0.4 is 10.9 Å². The van der Waals surface area contributed by atoms with Gasteiger partial charge in [-0.1, -0.05) is 0 Å². The Hall–Kier alpha value is -2.65. The summed E-state index contributed by atoms with van der Waals surface area (Å²) in [5, 5.41) is 2.87. The highest BCUT2D eigenvalue weighted by Gasteiger charge is 2.39. The van der Waals surface area contributed by atoms with E-state index in [4.69, 9.17) is 0 Å². The Morgan fingerprint density at radius 2 is 1.71 bits per heavy atom. The number of nitrogens with one attached hydrogen (secondary N) is 1. The van der Waals surface area contributed by atoms with Gasteiger partial charge < -0.3 is 14.8 Å². The van der Waals surface area contributed by atoms with Crippen LogP contribution in [0.1, 0.15) is 46.8 Å². The first-order chi connectivity index (χ1) is 16.2. The lowest BCUT2D eigenvalue weighted by Crippen LogP contribution is -2.53. The first kappa shape index (κ1) is 23.1. The predicted octanol–water partition coefficient (Wildman–Crippen LogP) is 3.63. The Bertz CT molecular complexity index is 1120. The van der Waals surface area contributed by atoms with Gasteiger partial charge in [0.15, 0.2) is 0 Å². The smallest absolute Gasteiger partial charge is 0.320 e. The topological polar surface area (TPSA) is 57.6 Å². The van der Waals surface area contributed by atoms with E-state index in [1.807, 2.05) is 0 Å². The van der Waals surface area contributed by atoms with Gasteiger partial charge in [0.1, 0.15) is 0 Å². The summed E-state index contributed by atoms with van der Waals surface area (Å²) >= 11 is 0. The SMILES string of the molecule is CN1CCC(N2C[C@H]3C[C@H](C2)c2c(NC(=O)c4ccc(C(F)(F)F)cc4)ccc(=O)n2C3)CC1. The van der Waals surface area contributed by atoms with Crippen LogP contribution in [0.15, 0.2) is 41.2 Å². The molecular weight excluding hydrogens is 445 g/mol. The highest BCUT2D eigenvalue weighted by Crippen LogP contribution is 2.40. The lowest BCUT2D eigenvalue weighted by molar-refractivity contribution is -0.137. The number of alkyl halides is 3. The second-order valence-electron chi connectivity index (χ2n) is 9.90. The number of pyridine rings is 1. The number of hydrogen-bond acceptors (Lipinski definition) is 4. The molecule has 1 aromatic heterocycles. The maximum atomic E-state index is 12.9. The highest BCUT2D eigenvalue weighted by atomic mass is 19.4. The molecule has 2 atom stereocenters. The van der Waals surface area contributed by atoms with E-state index in [9.17, 15) is 22.8 Å². The molecular formula is C25H29F3N4O2. The largest absolute Gasteiger partial charge is 0.416 e. The van der Waals surface area contributed by atoms with E-state index in [2.05, 4.69) is 22.2 Å². The van der Waals surface area contributed by atoms with Crippen LogP contribution in [0.25, 0.3) is 0 Å². The average Bonchev–Trinajstić information content (AvgIpc) is 2.80. The highest BCUT2D eigenvalue weighted by molar-refractivity contribution is 6.04. The molecule has 182 valence electrons. The van der Waals surface area contributed by atoms with Gasteiger partial charge in [0, 0.05) is 48.9 Å². The third kappa shape index (κ3) is 4.51. The minimum Gasteiger partial charge on any atom is -0.320 e. The van der Waals surface area contributed by atoms with Crippen LogP contribution in [-0.2, 0) is 12.7 Å². The first-order valence-electron chi connectivity index (χ1n) is 11.8. The lowest BCUT2D eigenvalue weighted by atomic mass is 9.81. The van der Waals surface area contributed by atoms with E-state index < -0.39 is 17.6 Å². The molecule has 0 radical (unpaired) electrons. The first-order valence-corrected chi connectivity index (χ1v) is 11.8. The standard InChI is InChI=1S/C25H29F3N4O2/c1-30-10-8-20(9-11-30)31-13-16-12-18(15-31)23-21(6-7-22(33)32(23)14-16)29-24(34)17-2-4-19(5-3-17)25(26,27)28/h2-7,16,18,20H,8-15H2,1H3,(H,29,34)/t16-,18-/m1/s1. The number of anilines is 1. The van der Waals surface area contributed by atoms with Crippen molar-refractivity contribution in [2.24, 2.45) is 5.92 Å². The second kappa shape index (κ2) is 8.85. The number of benzene rings is 1. The van der Waals surface area contributed by atoms with Crippen molar-refractivity contribution < 1.29 is 18.0 Å². The number of likely N-dealkylation sites (tertiary alicyclic amines) is 2. The number of fused-ring (bicyclic) bond motifs is 4. The minimum absolute atomic E-state index is 0.0787. The number of amides is 1. The van der Waals surface area contributed by atoms with Crippen LogP contribution in [-0.4, -0.2) is 59.5 Å². The van der Waals surface area contributed by atoms with Gasteiger partial charge in [-0.3, -0.25) is 14.5 Å². The average molecular weight is 475 g/mol. The molecule has 0 unspecified atom stereocenters. The van der Waals surface area contributed by atoms with Gasteiger partial charge in [-0.15, -0.1) is 0 Å². The Morgan fingerprint density at radius 3 is 2.38 bits per heavy atom. The zero-order valence-electron chi connectivity index (χ0n) is 19.1. The molecule has 2 bridgehead atoms. The maximum Gasteiger partial charge on any atom is 0.416 e. The third-order valence-corrected chi connectivity index (χ3v) is 7.55. The molecule has 1 amide bonds. The third-order valence-electron chi connectivity index (χ3n) is 7.55. The quantitative estimate of drug-likeness (QED) is 0.738. The fourth-order valence-corrected chi connectivity index (χ4v) is 5.82. The normalized spacial score (nSPS) is 24.0. The van der Waals surface area contributed by atoms with Crippen molar-refractivity contribution >= 4 is 11.6 Å². The number of carbonyl (C=O) groups excluding carboxylic acids is 1. The molecule has 1 N–H and O–H groups in total. The Kier molecular flexibility index (Phi) is 6.02. The van der Waals surface area contributed by atoms with Crippen molar-refractivity contribution in [3.05, 3.63) is 63.6 Å². The van der Waals surface area contributed by atoms with Crippen LogP contribution in [0, 0.1) is 5.92 Å². The van der Waals surface area contributed by atoms with E-state index in [1.54, 1.807) is 10.6 Å². The summed E-state index contributed by atoms with van der Waals surface area (Å²) in [6, 6.07) is 7.80. The van der Waals surface area contributed by atoms with Gasteiger partial charge in [-0.25, -0.2) is 0 Å². The second-order valence-corrected chi connectivity index (χ2v) is 9.90. The summed E-state index contributed by atoms with van der Waals surface area (Å²) < 4.78 is 40.4. The van der Waals surface area contributed by atoms with E-state index in [0.29, 0.717) is 24.2 Å². The number of halogens is 3. The zero-order valence-corrected chi connectivity index (χ0v) is 19.1. The van der Waals surface area contributed by atoms with E-state index in [0.717, 1.165) is 63.3 Å². The van der Waals surface area contributed by atoms with E-state index in [-0.39, 0.29) is 17.0 Å². The molecule has 2 aromatic rings. The minimum atomic E-state index is -4.45. The summed E-state index contributed by atoms with van der Waals surface area (Å²) in [4.78, 5) is 30.5. The Morgan fingerprint density at radius 1 is 1.00 bits per heavy atom. The molecule has 0 spiro atoms. The number of rotatable bonds is 3. The molecule has 0 saturated carbocycles. The number of hydrogen-bond donors (Lipinski definition) is 1. The number of aromatic nitrogens is 1. The molecule has 34 heavy (non-hydrogen) atoms. The molecule has 1 aromatic carbocycles. The summed E-state index contributed by atoms with van der Waals surface area (Å²) in [5.74, 6) is 0.0358. The molecule has 2 fully saturated rings. The van der Waals surface area contributed by atoms with E-state index in [1.165, 1.54) is 18.2 Å². The van der Waals surface area contributed by atoms with Crippen LogP contribution in [0.2, 0.25) is 0 Å². The predicted molar refractivity (Wildman–Crippen MR) is 123 cm³/mol. The van der Waals surface area contributed by atoms with E-state index >= 15 is 0 Å². The van der Waals surface area contributed by atoms with Crippen molar-refractivity contribution in [3.63, 3.8) is 0 Å². The molecule has 6 nitrogen and oxygen atoms in total. The van der Waals surface area contributed by atoms with Crippen LogP contribution in [0.3, 0.4) is 0 Å². The van der Waals surface area contributed by atoms with Crippen LogP contribution in [0.4, 0.5) is 18.9 Å². The number of nitrogens with zero attached hydrogens (tertiary/aromatic N) is 3. The van der Waals surface area contributed by atoms with Crippen LogP contribution in [0.5, 0.6) is 0 Å². The summed E-state index contributed by atoms with van der Waals surface area (Å²) in [6.07, 6.45) is -1.22. The van der Waals surface area contributed by atoms with Gasteiger partial charge in [0.25, 0.3) is 11.5 Å². The van der Waals surface area contributed by atoms with Gasteiger partial charge >= 0.3 is 6.18 Å².